The van der Waals surface area contributed by atoms with Gasteiger partial charge in [0.2, 0.25) is 5.91 Å². The first-order valence-electron chi connectivity index (χ1n) is 6.90. The van der Waals surface area contributed by atoms with Crippen LogP contribution in [0.2, 0.25) is 0 Å². The Labute approximate surface area is 114 Å². The second-order valence-corrected chi connectivity index (χ2v) is 5.18. The number of benzene rings is 1. The van der Waals surface area contributed by atoms with Gasteiger partial charge >= 0.3 is 0 Å². The maximum Gasteiger partial charge on any atom is 0.221 e. The number of hydrogen-bond donors (Lipinski definition) is 2. The van der Waals surface area contributed by atoms with E-state index in [-0.39, 0.29) is 18.6 Å². The Morgan fingerprint density at radius 1 is 1.47 bits per heavy atom. The summed E-state index contributed by atoms with van der Waals surface area (Å²) in [5.74, 6) is -0.0524. The molecule has 0 saturated carbocycles. The monoisotopic (exact) mass is 262 g/mol. The van der Waals surface area contributed by atoms with Gasteiger partial charge in [0.15, 0.2) is 0 Å². The molecular formula is C15H22N2O2. The molecular weight excluding hydrogens is 240 g/mol. The van der Waals surface area contributed by atoms with Gasteiger partial charge in [0, 0.05) is 25.2 Å². The second kappa shape index (κ2) is 6.68. The molecule has 1 fully saturated rings. The number of rotatable bonds is 4. The summed E-state index contributed by atoms with van der Waals surface area (Å²) in [5.41, 5.74) is 2.01. The van der Waals surface area contributed by atoms with Crippen molar-refractivity contribution in [2.45, 2.75) is 38.8 Å². The highest BCUT2D eigenvalue weighted by Gasteiger charge is 2.21. The first-order valence-corrected chi connectivity index (χ1v) is 6.90. The third-order valence-electron chi connectivity index (χ3n) is 3.59. The van der Waals surface area contributed by atoms with E-state index in [1.165, 1.54) is 25.3 Å². The SMILES string of the molecule is CC(=O)Nc1cccc(CN2CCCCC2CO)c1. The van der Waals surface area contributed by atoms with E-state index in [4.69, 9.17) is 0 Å². The van der Waals surface area contributed by atoms with Crippen molar-refractivity contribution < 1.29 is 9.90 Å². The number of piperidine rings is 1. The van der Waals surface area contributed by atoms with E-state index in [9.17, 15) is 9.90 Å². The second-order valence-electron chi connectivity index (χ2n) is 5.18. The number of anilines is 1. The van der Waals surface area contributed by atoms with E-state index in [0.29, 0.717) is 0 Å². The van der Waals surface area contributed by atoms with Gasteiger partial charge in [-0.25, -0.2) is 0 Å². The molecule has 1 aliphatic rings. The molecule has 0 aliphatic carbocycles. The highest BCUT2D eigenvalue weighted by molar-refractivity contribution is 5.88. The largest absolute Gasteiger partial charge is 0.395 e. The molecule has 0 aromatic heterocycles. The maximum absolute atomic E-state index is 11.1. The number of aliphatic hydroxyl groups is 1. The Bertz CT molecular complexity index is 434. The summed E-state index contributed by atoms with van der Waals surface area (Å²) in [6.45, 7) is 3.61. The van der Waals surface area contributed by atoms with Crippen LogP contribution in [0.5, 0.6) is 0 Å². The smallest absolute Gasteiger partial charge is 0.221 e. The minimum Gasteiger partial charge on any atom is -0.395 e. The van der Waals surface area contributed by atoms with Crippen molar-refractivity contribution in [3.8, 4) is 0 Å². The molecule has 2 N–H and O–H groups in total. The van der Waals surface area contributed by atoms with Crippen molar-refractivity contribution >= 4 is 11.6 Å². The molecule has 2 rings (SSSR count). The Kier molecular flexibility index (Phi) is 4.93. The number of hydrogen-bond acceptors (Lipinski definition) is 3. The molecule has 1 unspecified atom stereocenters. The van der Waals surface area contributed by atoms with E-state index in [1.807, 2.05) is 18.2 Å². The molecule has 1 heterocycles. The van der Waals surface area contributed by atoms with Crippen LogP contribution >= 0.6 is 0 Å². The topological polar surface area (TPSA) is 52.6 Å². The van der Waals surface area contributed by atoms with Gasteiger partial charge < -0.3 is 10.4 Å². The summed E-state index contributed by atoms with van der Waals surface area (Å²) in [5, 5.41) is 12.2. The lowest BCUT2D eigenvalue weighted by molar-refractivity contribution is -0.114. The molecule has 4 heteroatoms. The van der Waals surface area contributed by atoms with Crippen LogP contribution in [0.15, 0.2) is 24.3 Å². The zero-order valence-electron chi connectivity index (χ0n) is 11.4. The highest BCUT2D eigenvalue weighted by atomic mass is 16.3. The predicted octanol–water partition coefficient (Wildman–Crippen LogP) is 1.99. The number of amides is 1. The van der Waals surface area contributed by atoms with Gasteiger partial charge in [0.1, 0.15) is 0 Å². The van der Waals surface area contributed by atoms with Crippen molar-refractivity contribution in [1.82, 2.24) is 4.90 Å². The zero-order chi connectivity index (χ0) is 13.7. The highest BCUT2D eigenvalue weighted by Crippen LogP contribution is 2.20. The summed E-state index contributed by atoms with van der Waals surface area (Å²) in [4.78, 5) is 13.4. The lowest BCUT2D eigenvalue weighted by Crippen LogP contribution is -2.41. The third kappa shape index (κ3) is 4.04. The minimum atomic E-state index is -0.0524. The van der Waals surface area contributed by atoms with Crippen LogP contribution in [0.4, 0.5) is 5.69 Å². The van der Waals surface area contributed by atoms with Gasteiger partial charge in [-0.2, -0.15) is 0 Å². The van der Waals surface area contributed by atoms with E-state index < -0.39 is 0 Å². The molecule has 1 atom stereocenters. The summed E-state index contributed by atoms with van der Waals surface area (Å²) in [6.07, 6.45) is 3.47. The number of carbonyl (C=O) groups excluding carboxylic acids is 1. The van der Waals surface area contributed by atoms with Gasteiger partial charge in [0.05, 0.1) is 6.61 Å². The van der Waals surface area contributed by atoms with Crippen molar-refractivity contribution in [3.05, 3.63) is 29.8 Å². The molecule has 104 valence electrons. The molecule has 4 nitrogen and oxygen atoms in total. The van der Waals surface area contributed by atoms with E-state index in [1.54, 1.807) is 0 Å². The van der Waals surface area contributed by atoms with E-state index in [2.05, 4.69) is 16.3 Å². The zero-order valence-corrected chi connectivity index (χ0v) is 11.4. The van der Waals surface area contributed by atoms with Crippen molar-refractivity contribution in [1.29, 1.82) is 0 Å². The van der Waals surface area contributed by atoms with Crippen LogP contribution in [0, 0.1) is 0 Å². The van der Waals surface area contributed by atoms with Crippen LogP contribution in [-0.4, -0.2) is 35.1 Å². The van der Waals surface area contributed by atoms with Crippen LogP contribution < -0.4 is 5.32 Å². The standard InChI is InChI=1S/C15H22N2O2/c1-12(19)16-14-6-4-5-13(9-14)10-17-8-3-2-7-15(17)11-18/h4-6,9,15,18H,2-3,7-8,10-11H2,1H3,(H,16,19). The Hall–Kier alpha value is -1.39. The Balaban J connectivity index is 2.03. The van der Waals surface area contributed by atoms with E-state index in [0.717, 1.165) is 25.2 Å². The molecule has 1 aliphatic heterocycles. The number of aliphatic hydroxyl groups excluding tert-OH is 1. The predicted molar refractivity (Wildman–Crippen MR) is 75.9 cm³/mol. The minimum absolute atomic E-state index is 0.0524. The summed E-state index contributed by atoms with van der Waals surface area (Å²) in [7, 11) is 0. The Morgan fingerprint density at radius 3 is 3.05 bits per heavy atom. The lowest BCUT2D eigenvalue weighted by atomic mass is 10.0. The fourth-order valence-electron chi connectivity index (χ4n) is 2.66. The van der Waals surface area contributed by atoms with Gasteiger partial charge in [-0.3, -0.25) is 9.69 Å². The van der Waals surface area contributed by atoms with E-state index >= 15 is 0 Å². The van der Waals surface area contributed by atoms with Crippen molar-refractivity contribution in [2.75, 3.05) is 18.5 Å². The lowest BCUT2D eigenvalue weighted by Gasteiger charge is -2.34. The van der Waals surface area contributed by atoms with Gasteiger partial charge in [-0.1, -0.05) is 18.6 Å². The van der Waals surface area contributed by atoms with Crippen LogP contribution in [-0.2, 0) is 11.3 Å². The summed E-state index contributed by atoms with van der Waals surface area (Å²) in [6, 6.07) is 8.19. The number of nitrogens with zero attached hydrogens (tertiary/aromatic N) is 1. The number of likely N-dealkylation sites (tertiary alicyclic amines) is 1. The van der Waals surface area contributed by atoms with Crippen molar-refractivity contribution in [3.63, 3.8) is 0 Å². The molecule has 19 heavy (non-hydrogen) atoms. The molecule has 0 radical (unpaired) electrons. The molecule has 1 aromatic rings. The Morgan fingerprint density at radius 2 is 2.32 bits per heavy atom. The number of nitrogens with one attached hydrogen (secondary N) is 1. The molecule has 1 saturated heterocycles. The summed E-state index contributed by atoms with van der Waals surface area (Å²) >= 11 is 0. The van der Waals surface area contributed by atoms with Gasteiger partial charge in [-0.15, -0.1) is 0 Å². The van der Waals surface area contributed by atoms with Crippen LogP contribution in [0.1, 0.15) is 31.7 Å². The molecule has 1 aromatic carbocycles. The fraction of sp³-hybridized carbons (Fsp3) is 0.533. The normalized spacial score (nSPS) is 20.2. The molecule has 1 amide bonds. The summed E-state index contributed by atoms with van der Waals surface area (Å²) < 4.78 is 0. The first kappa shape index (κ1) is 14.0. The average Bonchev–Trinajstić information content (AvgIpc) is 2.39. The van der Waals surface area contributed by atoms with Gasteiger partial charge in [-0.05, 0) is 37.1 Å². The van der Waals surface area contributed by atoms with Crippen LogP contribution in [0.25, 0.3) is 0 Å². The molecule has 0 spiro atoms. The number of carbonyl (C=O) groups is 1. The maximum atomic E-state index is 11.1. The fourth-order valence-corrected chi connectivity index (χ4v) is 2.66. The van der Waals surface area contributed by atoms with Crippen LogP contribution in [0.3, 0.4) is 0 Å². The molecule has 0 bridgehead atoms. The average molecular weight is 262 g/mol. The third-order valence-corrected chi connectivity index (χ3v) is 3.59. The quantitative estimate of drug-likeness (QED) is 0.872. The van der Waals surface area contributed by atoms with Gasteiger partial charge in [0.25, 0.3) is 0 Å². The first-order chi connectivity index (χ1) is 9.19. The van der Waals surface area contributed by atoms with Crippen molar-refractivity contribution in [2.24, 2.45) is 0 Å².